The van der Waals surface area contributed by atoms with E-state index in [4.69, 9.17) is 11.5 Å². The summed E-state index contributed by atoms with van der Waals surface area (Å²) in [4.78, 5) is 6.45. The van der Waals surface area contributed by atoms with Crippen LogP contribution in [0.25, 0.3) is 0 Å². The Bertz CT molecular complexity index is 662. The first-order chi connectivity index (χ1) is 10.4. The molecule has 0 saturated carbocycles. The van der Waals surface area contributed by atoms with Crippen molar-refractivity contribution in [3.8, 4) is 0 Å². The standard InChI is InChI=1S/C15H23N7/c1-9-4-11(18-14-19-13(17)20-21-14)5-10(2)12(9)22-7-15(3,6-16)8-22/h4-5H,6-8,16H2,1-3H3,(H4,17,18,19,20,21). The Morgan fingerprint density at radius 1 is 1.32 bits per heavy atom. The molecule has 0 atom stereocenters. The largest absolute Gasteiger partial charge is 0.370 e. The van der Waals surface area contributed by atoms with Gasteiger partial charge in [-0.2, -0.15) is 4.98 Å². The average Bonchev–Trinajstić information content (AvgIpc) is 2.81. The van der Waals surface area contributed by atoms with Crippen molar-refractivity contribution in [2.24, 2.45) is 11.1 Å². The fraction of sp³-hybridized carbons (Fsp3) is 0.467. The first-order valence-electron chi connectivity index (χ1n) is 7.41. The number of rotatable bonds is 4. The van der Waals surface area contributed by atoms with Gasteiger partial charge in [-0.05, 0) is 37.1 Å². The summed E-state index contributed by atoms with van der Waals surface area (Å²) < 4.78 is 0. The summed E-state index contributed by atoms with van der Waals surface area (Å²) in [6, 6.07) is 4.21. The van der Waals surface area contributed by atoms with E-state index >= 15 is 0 Å². The summed E-state index contributed by atoms with van der Waals surface area (Å²) in [7, 11) is 0. The maximum absolute atomic E-state index is 5.83. The Labute approximate surface area is 130 Å². The lowest BCUT2D eigenvalue weighted by molar-refractivity contribution is 0.254. The molecule has 1 aromatic carbocycles. The molecular weight excluding hydrogens is 278 g/mol. The van der Waals surface area contributed by atoms with Crippen LogP contribution < -0.4 is 21.7 Å². The SMILES string of the molecule is Cc1cc(Nc2n[nH]c(N)n2)cc(C)c1N1CC(C)(CN)C1. The number of benzene rings is 1. The van der Waals surface area contributed by atoms with Crippen molar-refractivity contribution in [3.63, 3.8) is 0 Å². The summed E-state index contributed by atoms with van der Waals surface area (Å²) in [5.74, 6) is 0.776. The van der Waals surface area contributed by atoms with E-state index in [9.17, 15) is 0 Å². The van der Waals surface area contributed by atoms with E-state index in [0.29, 0.717) is 11.9 Å². The molecule has 7 heteroatoms. The molecule has 22 heavy (non-hydrogen) atoms. The van der Waals surface area contributed by atoms with Crippen molar-refractivity contribution in [2.45, 2.75) is 20.8 Å². The molecule has 3 rings (SSSR count). The number of hydrogen-bond donors (Lipinski definition) is 4. The number of nitrogen functional groups attached to an aromatic ring is 1. The summed E-state index contributed by atoms with van der Waals surface area (Å²) in [5, 5.41) is 9.77. The van der Waals surface area contributed by atoms with Crippen LogP contribution in [-0.4, -0.2) is 34.8 Å². The summed E-state index contributed by atoms with van der Waals surface area (Å²) in [6.45, 7) is 9.23. The number of nitrogens with two attached hydrogens (primary N) is 2. The summed E-state index contributed by atoms with van der Waals surface area (Å²) >= 11 is 0. The van der Waals surface area contributed by atoms with Gasteiger partial charge in [0, 0.05) is 36.4 Å². The first-order valence-corrected chi connectivity index (χ1v) is 7.41. The maximum atomic E-state index is 5.83. The number of hydrogen-bond acceptors (Lipinski definition) is 6. The molecule has 0 bridgehead atoms. The van der Waals surface area contributed by atoms with Crippen molar-refractivity contribution >= 4 is 23.3 Å². The van der Waals surface area contributed by atoms with Crippen LogP contribution in [0, 0.1) is 19.3 Å². The van der Waals surface area contributed by atoms with Crippen LogP contribution in [0.1, 0.15) is 18.1 Å². The van der Waals surface area contributed by atoms with Gasteiger partial charge >= 0.3 is 0 Å². The van der Waals surface area contributed by atoms with Gasteiger partial charge in [-0.15, -0.1) is 5.10 Å². The molecule has 0 amide bonds. The second kappa shape index (κ2) is 5.17. The minimum absolute atomic E-state index is 0.242. The molecule has 1 saturated heterocycles. The molecule has 7 nitrogen and oxygen atoms in total. The van der Waals surface area contributed by atoms with E-state index in [0.717, 1.165) is 25.3 Å². The molecular formula is C15H23N7. The molecule has 1 aliphatic rings. The van der Waals surface area contributed by atoms with Crippen molar-refractivity contribution < 1.29 is 0 Å². The highest BCUT2D eigenvalue weighted by Crippen LogP contribution is 2.38. The second-order valence-corrected chi connectivity index (χ2v) is 6.50. The lowest BCUT2D eigenvalue weighted by atomic mass is 9.81. The first kappa shape index (κ1) is 14.6. The van der Waals surface area contributed by atoms with Gasteiger partial charge in [0.05, 0.1) is 0 Å². The molecule has 118 valence electrons. The third kappa shape index (κ3) is 2.59. The fourth-order valence-corrected chi connectivity index (χ4v) is 3.15. The van der Waals surface area contributed by atoms with Crippen molar-refractivity contribution in [1.82, 2.24) is 15.2 Å². The molecule has 1 fully saturated rings. The van der Waals surface area contributed by atoms with E-state index < -0.39 is 0 Å². The van der Waals surface area contributed by atoms with Crippen molar-refractivity contribution in [1.29, 1.82) is 0 Å². The molecule has 0 radical (unpaired) electrons. The van der Waals surface area contributed by atoms with E-state index in [-0.39, 0.29) is 5.41 Å². The van der Waals surface area contributed by atoms with Crippen LogP contribution in [0.4, 0.5) is 23.3 Å². The van der Waals surface area contributed by atoms with Gasteiger partial charge in [0.25, 0.3) is 0 Å². The zero-order valence-corrected chi connectivity index (χ0v) is 13.3. The number of aromatic nitrogens is 3. The quantitative estimate of drug-likeness (QED) is 0.682. The number of anilines is 4. The second-order valence-electron chi connectivity index (χ2n) is 6.50. The van der Waals surface area contributed by atoms with Gasteiger partial charge in [-0.25, -0.2) is 5.10 Å². The zero-order valence-electron chi connectivity index (χ0n) is 13.3. The Kier molecular flexibility index (Phi) is 3.44. The highest BCUT2D eigenvalue weighted by Gasteiger charge is 2.38. The van der Waals surface area contributed by atoms with Crippen LogP contribution in [0.15, 0.2) is 12.1 Å². The Morgan fingerprint density at radius 2 is 1.95 bits per heavy atom. The highest BCUT2D eigenvalue weighted by molar-refractivity contribution is 5.69. The predicted octanol–water partition coefficient (Wildman–Crippen LogP) is 1.53. The molecule has 6 N–H and O–H groups in total. The van der Waals surface area contributed by atoms with Crippen molar-refractivity contribution in [2.75, 3.05) is 35.6 Å². The number of aryl methyl sites for hydroxylation is 2. The van der Waals surface area contributed by atoms with Crippen LogP contribution in [0.3, 0.4) is 0 Å². The molecule has 1 aromatic heterocycles. The normalized spacial score (nSPS) is 16.5. The molecule has 2 heterocycles. The van der Waals surface area contributed by atoms with Gasteiger partial charge in [-0.1, -0.05) is 6.92 Å². The summed E-state index contributed by atoms with van der Waals surface area (Å²) in [5.41, 5.74) is 16.3. The number of aromatic amines is 1. The number of H-pyrrole nitrogens is 1. The van der Waals surface area contributed by atoms with Crippen LogP contribution >= 0.6 is 0 Å². The van der Waals surface area contributed by atoms with Crippen molar-refractivity contribution in [3.05, 3.63) is 23.3 Å². The smallest absolute Gasteiger partial charge is 0.248 e. The van der Waals surface area contributed by atoms with Gasteiger partial charge in [0.2, 0.25) is 11.9 Å². The Hall–Kier alpha value is -2.28. The lowest BCUT2D eigenvalue weighted by Gasteiger charge is -2.50. The zero-order chi connectivity index (χ0) is 15.9. The van der Waals surface area contributed by atoms with E-state index in [1.54, 1.807) is 0 Å². The van der Waals surface area contributed by atoms with Gasteiger partial charge in [0.1, 0.15) is 0 Å². The Balaban J connectivity index is 1.80. The molecule has 0 spiro atoms. The van der Waals surface area contributed by atoms with Gasteiger partial charge in [0.15, 0.2) is 0 Å². The van der Waals surface area contributed by atoms with E-state index in [1.165, 1.54) is 16.8 Å². The topological polar surface area (TPSA) is 109 Å². The number of nitrogens with zero attached hydrogens (tertiary/aromatic N) is 3. The van der Waals surface area contributed by atoms with Gasteiger partial charge in [-0.3, -0.25) is 0 Å². The Morgan fingerprint density at radius 3 is 2.45 bits per heavy atom. The van der Waals surface area contributed by atoms with Crippen LogP contribution in [0.5, 0.6) is 0 Å². The third-order valence-electron chi connectivity index (χ3n) is 4.20. The molecule has 2 aromatic rings. The highest BCUT2D eigenvalue weighted by atomic mass is 15.3. The van der Waals surface area contributed by atoms with Crippen LogP contribution in [-0.2, 0) is 0 Å². The van der Waals surface area contributed by atoms with E-state index in [2.05, 4.69) is 58.3 Å². The lowest BCUT2D eigenvalue weighted by Crippen LogP contribution is -2.58. The minimum atomic E-state index is 0.242. The molecule has 1 aliphatic heterocycles. The summed E-state index contributed by atoms with van der Waals surface area (Å²) in [6.07, 6.45) is 0. The predicted molar refractivity (Wildman–Crippen MR) is 89.4 cm³/mol. The minimum Gasteiger partial charge on any atom is -0.370 e. The molecule has 0 unspecified atom stereocenters. The molecule has 0 aliphatic carbocycles. The third-order valence-corrected chi connectivity index (χ3v) is 4.20. The monoisotopic (exact) mass is 301 g/mol. The maximum Gasteiger partial charge on any atom is 0.248 e. The number of nitrogens with one attached hydrogen (secondary N) is 2. The van der Waals surface area contributed by atoms with E-state index in [1.807, 2.05) is 0 Å². The average molecular weight is 301 g/mol. The fourth-order valence-electron chi connectivity index (χ4n) is 3.15. The van der Waals surface area contributed by atoms with Gasteiger partial charge < -0.3 is 21.7 Å². The van der Waals surface area contributed by atoms with Crippen LogP contribution in [0.2, 0.25) is 0 Å².